The number of rotatable bonds is 5. The number of hydrogen-bond acceptors (Lipinski definition) is 3. The Kier molecular flexibility index (Phi) is 5.37. The molecule has 0 spiro atoms. The lowest BCUT2D eigenvalue weighted by atomic mass is 9.91. The van der Waals surface area contributed by atoms with Crippen molar-refractivity contribution in [3.63, 3.8) is 0 Å². The molecule has 1 fully saturated rings. The topological polar surface area (TPSA) is 36.4 Å². The number of aliphatic hydroxyl groups is 1. The zero-order valence-electron chi connectivity index (χ0n) is 15.8. The molecular formula is C23H30N2O. The number of fused-ring (bicyclic) bond motifs is 1. The van der Waals surface area contributed by atoms with E-state index >= 15 is 0 Å². The summed E-state index contributed by atoms with van der Waals surface area (Å²) >= 11 is 0. The fourth-order valence-corrected chi connectivity index (χ4v) is 4.28. The third kappa shape index (κ3) is 4.16. The normalized spacial score (nSPS) is 19.5. The van der Waals surface area contributed by atoms with Crippen LogP contribution in [0, 0.1) is 6.92 Å². The molecule has 0 bridgehead atoms. The number of aryl methyl sites for hydroxylation is 1. The van der Waals surface area contributed by atoms with Crippen molar-refractivity contribution in [3.05, 3.63) is 64.5 Å². The lowest BCUT2D eigenvalue weighted by molar-refractivity contribution is 0.133. The molecule has 0 saturated heterocycles. The fraction of sp³-hybridized carbons (Fsp3) is 0.522. The summed E-state index contributed by atoms with van der Waals surface area (Å²) in [6.07, 6.45) is 9.42. The highest BCUT2D eigenvalue weighted by molar-refractivity contribution is 5.34. The van der Waals surface area contributed by atoms with Crippen LogP contribution in [-0.4, -0.2) is 40.2 Å². The highest BCUT2D eigenvalue weighted by Crippen LogP contribution is 2.27. The molecule has 1 aromatic carbocycles. The standard InChI is InChI=1S/C23H30N2O/c1-17-5-6-19(16-24-17)15-23(26)14-18-7-8-20-9-11-25(22-3-2-4-22)12-10-21(20)13-18/h5-8,13,16,22-23,26H,2-4,9-12,14-15H2,1H3. The number of aliphatic hydroxyl groups excluding tert-OH is 1. The minimum atomic E-state index is -0.352. The molecule has 1 unspecified atom stereocenters. The van der Waals surface area contributed by atoms with Crippen LogP contribution in [0.3, 0.4) is 0 Å². The van der Waals surface area contributed by atoms with Crippen molar-refractivity contribution >= 4 is 0 Å². The van der Waals surface area contributed by atoms with E-state index in [0.717, 1.165) is 23.7 Å². The summed E-state index contributed by atoms with van der Waals surface area (Å²) in [4.78, 5) is 7.02. The fourth-order valence-electron chi connectivity index (χ4n) is 4.28. The van der Waals surface area contributed by atoms with Crippen molar-refractivity contribution in [1.82, 2.24) is 9.88 Å². The zero-order valence-corrected chi connectivity index (χ0v) is 15.8. The molecule has 3 heteroatoms. The smallest absolute Gasteiger partial charge is 0.0621 e. The first-order valence-corrected chi connectivity index (χ1v) is 10.1. The maximum atomic E-state index is 10.5. The molecular weight excluding hydrogens is 320 g/mol. The second-order valence-corrected chi connectivity index (χ2v) is 8.09. The van der Waals surface area contributed by atoms with Crippen LogP contribution in [0.15, 0.2) is 36.5 Å². The molecule has 138 valence electrons. The van der Waals surface area contributed by atoms with Crippen LogP contribution >= 0.6 is 0 Å². The van der Waals surface area contributed by atoms with Gasteiger partial charge in [-0.05, 0) is 67.3 Å². The number of nitrogens with zero attached hydrogens (tertiary/aromatic N) is 2. The molecule has 0 radical (unpaired) electrons. The molecule has 3 nitrogen and oxygen atoms in total. The number of benzene rings is 1. The molecule has 1 aromatic heterocycles. The average molecular weight is 351 g/mol. The highest BCUT2D eigenvalue weighted by atomic mass is 16.3. The Morgan fingerprint density at radius 1 is 1.04 bits per heavy atom. The van der Waals surface area contributed by atoms with E-state index < -0.39 is 0 Å². The van der Waals surface area contributed by atoms with Crippen LogP contribution in [0.25, 0.3) is 0 Å². The first kappa shape index (κ1) is 17.7. The van der Waals surface area contributed by atoms with Gasteiger partial charge in [-0.15, -0.1) is 0 Å². The van der Waals surface area contributed by atoms with Crippen LogP contribution in [0.5, 0.6) is 0 Å². The predicted molar refractivity (Wildman–Crippen MR) is 105 cm³/mol. The van der Waals surface area contributed by atoms with Gasteiger partial charge in [-0.1, -0.05) is 30.7 Å². The monoisotopic (exact) mass is 350 g/mol. The quantitative estimate of drug-likeness (QED) is 0.897. The summed E-state index contributed by atoms with van der Waals surface area (Å²) in [5.41, 5.74) is 6.38. The van der Waals surface area contributed by atoms with Gasteiger partial charge in [0.05, 0.1) is 6.10 Å². The molecule has 1 saturated carbocycles. The van der Waals surface area contributed by atoms with E-state index in [1.54, 1.807) is 0 Å². The van der Waals surface area contributed by atoms with Crippen molar-refractivity contribution in [1.29, 1.82) is 0 Å². The van der Waals surface area contributed by atoms with E-state index in [1.807, 2.05) is 19.2 Å². The number of aromatic nitrogens is 1. The van der Waals surface area contributed by atoms with Crippen LogP contribution < -0.4 is 0 Å². The van der Waals surface area contributed by atoms with Crippen molar-refractivity contribution < 1.29 is 5.11 Å². The summed E-state index contributed by atoms with van der Waals surface area (Å²) in [5.74, 6) is 0. The van der Waals surface area contributed by atoms with Crippen molar-refractivity contribution in [2.45, 2.75) is 64.0 Å². The van der Waals surface area contributed by atoms with Crippen molar-refractivity contribution in [3.8, 4) is 0 Å². The highest BCUT2D eigenvalue weighted by Gasteiger charge is 2.26. The minimum absolute atomic E-state index is 0.352. The lowest BCUT2D eigenvalue weighted by Crippen LogP contribution is -2.41. The summed E-state index contributed by atoms with van der Waals surface area (Å²) in [5, 5.41) is 10.5. The Balaban J connectivity index is 1.37. The van der Waals surface area contributed by atoms with Gasteiger partial charge >= 0.3 is 0 Å². The first-order chi connectivity index (χ1) is 12.7. The molecule has 2 aliphatic rings. The summed E-state index contributed by atoms with van der Waals surface area (Å²) < 4.78 is 0. The molecule has 1 aliphatic heterocycles. The van der Waals surface area contributed by atoms with Crippen LogP contribution in [0.2, 0.25) is 0 Å². The maximum absolute atomic E-state index is 10.5. The lowest BCUT2D eigenvalue weighted by Gasteiger charge is -2.36. The molecule has 1 atom stereocenters. The van der Waals surface area contributed by atoms with Gasteiger partial charge in [0.2, 0.25) is 0 Å². The van der Waals surface area contributed by atoms with Gasteiger partial charge in [-0.2, -0.15) is 0 Å². The van der Waals surface area contributed by atoms with Gasteiger partial charge in [-0.3, -0.25) is 9.88 Å². The van der Waals surface area contributed by atoms with Crippen molar-refractivity contribution in [2.24, 2.45) is 0 Å². The van der Waals surface area contributed by atoms with Gasteiger partial charge in [-0.25, -0.2) is 0 Å². The molecule has 2 heterocycles. The molecule has 2 aromatic rings. The zero-order chi connectivity index (χ0) is 17.9. The Morgan fingerprint density at radius 2 is 1.77 bits per heavy atom. The SMILES string of the molecule is Cc1ccc(CC(O)Cc2ccc3c(c2)CCN(C2CCC2)CC3)cn1. The van der Waals surface area contributed by atoms with Gasteiger partial charge < -0.3 is 5.11 Å². The Hall–Kier alpha value is -1.71. The third-order valence-corrected chi connectivity index (χ3v) is 6.11. The minimum Gasteiger partial charge on any atom is -0.392 e. The van der Waals surface area contributed by atoms with E-state index in [4.69, 9.17) is 0 Å². The van der Waals surface area contributed by atoms with E-state index in [9.17, 15) is 5.11 Å². The largest absolute Gasteiger partial charge is 0.392 e. The summed E-state index contributed by atoms with van der Waals surface area (Å²) in [7, 11) is 0. The van der Waals surface area contributed by atoms with E-state index in [1.165, 1.54) is 55.5 Å². The molecule has 0 amide bonds. The van der Waals surface area contributed by atoms with Crippen molar-refractivity contribution in [2.75, 3.05) is 13.1 Å². The molecule has 4 rings (SSSR count). The maximum Gasteiger partial charge on any atom is 0.0621 e. The Morgan fingerprint density at radius 3 is 2.46 bits per heavy atom. The first-order valence-electron chi connectivity index (χ1n) is 10.1. The molecule has 26 heavy (non-hydrogen) atoms. The average Bonchev–Trinajstić information content (AvgIpc) is 2.78. The third-order valence-electron chi connectivity index (χ3n) is 6.11. The Labute approximate surface area is 157 Å². The van der Waals surface area contributed by atoms with Gasteiger partial charge in [0.1, 0.15) is 0 Å². The number of hydrogen-bond donors (Lipinski definition) is 1. The van der Waals surface area contributed by atoms with Crippen LogP contribution in [-0.2, 0) is 25.7 Å². The second kappa shape index (κ2) is 7.89. The van der Waals surface area contributed by atoms with Crippen LogP contribution in [0.4, 0.5) is 0 Å². The predicted octanol–water partition coefficient (Wildman–Crippen LogP) is 3.49. The van der Waals surface area contributed by atoms with E-state index in [-0.39, 0.29) is 6.10 Å². The van der Waals surface area contributed by atoms with Gasteiger partial charge in [0.15, 0.2) is 0 Å². The van der Waals surface area contributed by atoms with Crippen LogP contribution in [0.1, 0.15) is 47.2 Å². The molecule has 1 N–H and O–H groups in total. The second-order valence-electron chi connectivity index (χ2n) is 8.09. The Bertz CT molecular complexity index is 736. The number of pyridine rings is 1. The van der Waals surface area contributed by atoms with Gasteiger partial charge in [0, 0.05) is 37.4 Å². The summed E-state index contributed by atoms with van der Waals surface area (Å²) in [6, 6.07) is 11.8. The van der Waals surface area contributed by atoms with Gasteiger partial charge in [0.25, 0.3) is 0 Å². The van der Waals surface area contributed by atoms with E-state index in [2.05, 4.69) is 34.1 Å². The van der Waals surface area contributed by atoms with E-state index in [0.29, 0.717) is 12.8 Å². The summed E-state index contributed by atoms with van der Waals surface area (Å²) in [6.45, 7) is 4.39. The molecule has 1 aliphatic carbocycles.